The first-order chi connectivity index (χ1) is 9.74. The Labute approximate surface area is 118 Å². The number of benzene rings is 1. The summed E-state index contributed by atoms with van der Waals surface area (Å²) >= 11 is 0. The van der Waals surface area contributed by atoms with Gasteiger partial charge in [-0.15, -0.1) is 0 Å². The second-order valence-electron chi connectivity index (χ2n) is 5.45. The number of para-hydroxylation sites is 1. The highest BCUT2D eigenvalue weighted by Gasteiger charge is 2.25. The molecule has 1 aromatic heterocycles. The van der Waals surface area contributed by atoms with Crippen molar-refractivity contribution in [2.24, 2.45) is 0 Å². The van der Waals surface area contributed by atoms with Crippen molar-refractivity contribution in [3.05, 3.63) is 46.4 Å². The van der Waals surface area contributed by atoms with E-state index in [1.54, 1.807) is 0 Å². The van der Waals surface area contributed by atoms with Crippen LogP contribution in [0.3, 0.4) is 0 Å². The summed E-state index contributed by atoms with van der Waals surface area (Å²) in [5.41, 5.74) is 8.38. The lowest BCUT2D eigenvalue weighted by Crippen LogP contribution is -2.26. The zero-order valence-corrected chi connectivity index (χ0v) is 11.9. The highest BCUT2D eigenvalue weighted by atomic mass is 16.1. The Morgan fingerprint density at radius 2 is 1.85 bits per heavy atom. The highest BCUT2D eigenvalue weighted by molar-refractivity contribution is 5.47. The van der Waals surface area contributed by atoms with Gasteiger partial charge in [-0.3, -0.25) is 9.48 Å². The third-order valence-corrected chi connectivity index (χ3v) is 4.23. The van der Waals surface area contributed by atoms with Gasteiger partial charge in [0.05, 0.1) is 17.4 Å². The van der Waals surface area contributed by atoms with Gasteiger partial charge in [0.15, 0.2) is 0 Å². The van der Waals surface area contributed by atoms with E-state index in [9.17, 15) is 4.79 Å². The number of nitrogen functional groups attached to an aromatic ring is 1. The first-order valence-electron chi connectivity index (χ1n) is 7.41. The topological polar surface area (TPSA) is 53.0 Å². The summed E-state index contributed by atoms with van der Waals surface area (Å²) in [5, 5.41) is 0. The quantitative estimate of drug-likeness (QED) is 0.933. The zero-order chi connectivity index (χ0) is 14.1. The fourth-order valence-corrected chi connectivity index (χ4v) is 3.25. The Morgan fingerprint density at radius 1 is 1.20 bits per heavy atom. The third kappa shape index (κ3) is 1.96. The fourth-order valence-electron chi connectivity index (χ4n) is 3.25. The molecule has 1 fully saturated rings. The van der Waals surface area contributed by atoms with Crippen LogP contribution in [-0.2, 0) is 6.42 Å². The molecule has 3 rings (SSSR count). The summed E-state index contributed by atoms with van der Waals surface area (Å²) in [7, 11) is 0. The van der Waals surface area contributed by atoms with Crippen molar-refractivity contribution in [3.8, 4) is 5.69 Å². The lowest BCUT2D eigenvalue weighted by molar-refractivity contribution is 0.413. The SMILES string of the molecule is CCc1c(N)c(=O)n(C2CCCC2)n1-c1ccccc1. The number of anilines is 1. The molecule has 0 radical (unpaired) electrons. The zero-order valence-electron chi connectivity index (χ0n) is 11.9. The van der Waals surface area contributed by atoms with Gasteiger partial charge < -0.3 is 5.73 Å². The first-order valence-corrected chi connectivity index (χ1v) is 7.41. The Balaban J connectivity index is 2.25. The monoisotopic (exact) mass is 271 g/mol. The second-order valence-corrected chi connectivity index (χ2v) is 5.45. The van der Waals surface area contributed by atoms with E-state index in [0.717, 1.165) is 30.6 Å². The molecule has 1 aromatic carbocycles. The standard InChI is InChI=1S/C16H21N3O/c1-2-14-15(17)16(20)19(13-10-6-7-11-13)18(14)12-8-4-3-5-9-12/h3-5,8-9,13H,2,6-7,10-11,17H2,1H3. The molecule has 0 aliphatic heterocycles. The average molecular weight is 271 g/mol. The number of aromatic nitrogens is 2. The second kappa shape index (κ2) is 5.19. The van der Waals surface area contributed by atoms with Gasteiger partial charge in [0.2, 0.25) is 0 Å². The van der Waals surface area contributed by atoms with Crippen LogP contribution in [0.4, 0.5) is 5.69 Å². The molecule has 20 heavy (non-hydrogen) atoms. The average Bonchev–Trinajstić information content (AvgIpc) is 3.08. The molecule has 2 N–H and O–H groups in total. The van der Waals surface area contributed by atoms with Crippen LogP contribution in [0.5, 0.6) is 0 Å². The molecule has 0 spiro atoms. The van der Waals surface area contributed by atoms with Crippen LogP contribution in [0.2, 0.25) is 0 Å². The van der Waals surface area contributed by atoms with Crippen molar-refractivity contribution < 1.29 is 0 Å². The molecular weight excluding hydrogens is 250 g/mol. The summed E-state index contributed by atoms with van der Waals surface area (Å²) in [4.78, 5) is 12.5. The Hall–Kier alpha value is -1.97. The summed E-state index contributed by atoms with van der Waals surface area (Å²) in [6.07, 6.45) is 5.28. The van der Waals surface area contributed by atoms with E-state index in [4.69, 9.17) is 5.73 Å². The van der Waals surface area contributed by atoms with Crippen LogP contribution in [0.25, 0.3) is 5.69 Å². The van der Waals surface area contributed by atoms with Crippen LogP contribution >= 0.6 is 0 Å². The van der Waals surface area contributed by atoms with Gasteiger partial charge in [0, 0.05) is 0 Å². The maximum absolute atomic E-state index is 12.5. The van der Waals surface area contributed by atoms with E-state index in [0.29, 0.717) is 5.69 Å². The van der Waals surface area contributed by atoms with Crippen LogP contribution in [0, 0.1) is 0 Å². The molecule has 0 bridgehead atoms. The minimum absolute atomic E-state index is 0.0300. The molecule has 2 aromatic rings. The molecule has 1 saturated carbocycles. The van der Waals surface area contributed by atoms with Crippen molar-refractivity contribution in [2.75, 3.05) is 5.73 Å². The van der Waals surface area contributed by atoms with Crippen molar-refractivity contribution in [2.45, 2.75) is 45.1 Å². The maximum Gasteiger partial charge on any atom is 0.290 e. The van der Waals surface area contributed by atoms with Gasteiger partial charge in [-0.1, -0.05) is 38.0 Å². The molecule has 1 heterocycles. The molecule has 1 aliphatic rings. The Kier molecular flexibility index (Phi) is 3.38. The number of nitrogens with zero attached hydrogens (tertiary/aromatic N) is 2. The van der Waals surface area contributed by atoms with Crippen molar-refractivity contribution in [1.82, 2.24) is 9.36 Å². The van der Waals surface area contributed by atoms with Crippen LogP contribution in [0.15, 0.2) is 35.1 Å². The first kappa shape index (κ1) is 13.0. The number of nitrogens with two attached hydrogens (primary N) is 1. The Morgan fingerprint density at radius 3 is 2.45 bits per heavy atom. The lowest BCUT2D eigenvalue weighted by Gasteiger charge is -2.19. The molecular formula is C16H21N3O. The number of hydrogen-bond acceptors (Lipinski definition) is 2. The predicted molar refractivity (Wildman–Crippen MR) is 81.3 cm³/mol. The van der Waals surface area contributed by atoms with Crippen LogP contribution in [0.1, 0.15) is 44.3 Å². The van der Waals surface area contributed by atoms with Gasteiger partial charge in [-0.25, -0.2) is 4.68 Å². The Bertz CT molecular complexity index is 648. The van der Waals surface area contributed by atoms with Gasteiger partial charge in [-0.2, -0.15) is 0 Å². The predicted octanol–water partition coefficient (Wildman–Crippen LogP) is 2.90. The summed E-state index contributed by atoms with van der Waals surface area (Å²) in [6, 6.07) is 10.3. The molecule has 0 amide bonds. The fraction of sp³-hybridized carbons (Fsp3) is 0.438. The molecule has 1 aliphatic carbocycles. The van der Waals surface area contributed by atoms with Gasteiger partial charge in [0.1, 0.15) is 5.69 Å². The van der Waals surface area contributed by atoms with E-state index >= 15 is 0 Å². The third-order valence-electron chi connectivity index (χ3n) is 4.23. The molecule has 4 nitrogen and oxygen atoms in total. The highest BCUT2D eigenvalue weighted by Crippen LogP contribution is 2.30. The van der Waals surface area contributed by atoms with Crippen molar-refractivity contribution in [1.29, 1.82) is 0 Å². The number of hydrogen-bond donors (Lipinski definition) is 1. The van der Waals surface area contributed by atoms with Crippen molar-refractivity contribution >= 4 is 5.69 Å². The summed E-state index contributed by atoms with van der Waals surface area (Å²) in [5.74, 6) is 0. The molecule has 106 valence electrons. The van der Waals surface area contributed by atoms with E-state index < -0.39 is 0 Å². The largest absolute Gasteiger partial charge is 0.393 e. The van der Waals surface area contributed by atoms with Crippen LogP contribution in [-0.4, -0.2) is 9.36 Å². The van der Waals surface area contributed by atoms with E-state index in [-0.39, 0.29) is 11.6 Å². The molecule has 0 unspecified atom stereocenters. The molecule has 0 atom stereocenters. The summed E-state index contributed by atoms with van der Waals surface area (Å²) < 4.78 is 3.92. The number of rotatable bonds is 3. The lowest BCUT2D eigenvalue weighted by atomic mass is 10.2. The van der Waals surface area contributed by atoms with E-state index in [2.05, 4.69) is 0 Å². The van der Waals surface area contributed by atoms with E-state index in [1.807, 2.05) is 46.6 Å². The minimum atomic E-state index is -0.0300. The smallest absolute Gasteiger partial charge is 0.290 e. The minimum Gasteiger partial charge on any atom is -0.393 e. The van der Waals surface area contributed by atoms with Gasteiger partial charge >= 0.3 is 0 Å². The van der Waals surface area contributed by atoms with Gasteiger partial charge in [-0.05, 0) is 31.4 Å². The normalized spacial score (nSPS) is 15.8. The van der Waals surface area contributed by atoms with Crippen molar-refractivity contribution in [3.63, 3.8) is 0 Å². The van der Waals surface area contributed by atoms with Crippen LogP contribution < -0.4 is 11.3 Å². The molecule has 0 saturated heterocycles. The van der Waals surface area contributed by atoms with Gasteiger partial charge in [0.25, 0.3) is 5.56 Å². The summed E-state index contributed by atoms with van der Waals surface area (Å²) in [6.45, 7) is 2.05. The molecule has 4 heteroatoms. The van der Waals surface area contributed by atoms with E-state index in [1.165, 1.54) is 12.8 Å². The maximum atomic E-state index is 12.5.